The van der Waals surface area contributed by atoms with Crippen LogP contribution in [0.15, 0.2) is 0 Å². The van der Waals surface area contributed by atoms with Crippen molar-refractivity contribution in [2.75, 3.05) is 6.67 Å². The molecule has 2 nitrogen and oxygen atoms in total. The lowest BCUT2D eigenvalue weighted by Gasteiger charge is -2.11. The SMILES string of the molecule is CC(I)(CF)C(N)=O. The fourth-order valence-electron chi connectivity index (χ4n) is 0.0659. The molecule has 0 aromatic rings. The highest BCUT2D eigenvalue weighted by Gasteiger charge is 2.26. The van der Waals surface area contributed by atoms with Crippen LogP contribution in [0.2, 0.25) is 0 Å². The van der Waals surface area contributed by atoms with Crippen LogP contribution in [0.1, 0.15) is 6.92 Å². The highest BCUT2D eigenvalue weighted by Crippen LogP contribution is 2.16. The van der Waals surface area contributed by atoms with Crippen molar-refractivity contribution in [3.8, 4) is 0 Å². The zero-order chi connectivity index (χ0) is 6.78. The van der Waals surface area contributed by atoms with Gasteiger partial charge in [0.15, 0.2) is 0 Å². The molecule has 8 heavy (non-hydrogen) atoms. The largest absolute Gasteiger partial charge is 0.368 e. The van der Waals surface area contributed by atoms with Gasteiger partial charge in [0, 0.05) is 0 Å². The summed E-state index contributed by atoms with van der Waals surface area (Å²) in [6.45, 7) is 0.749. The van der Waals surface area contributed by atoms with Crippen LogP contribution in [0.5, 0.6) is 0 Å². The van der Waals surface area contributed by atoms with Gasteiger partial charge in [-0.05, 0) is 6.92 Å². The van der Waals surface area contributed by atoms with E-state index >= 15 is 0 Å². The number of rotatable bonds is 2. The van der Waals surface area contributed by atoms with Crippen molar-refractivity contribution in [2.24, 2.45) is 5.73 Å². The van der Waals surface area contributed by atoms with Crippen molar-refractivity contribution in [1.82, 2.24) is 0 Å². The lowest BCUT2D eigenvalue weighted by Crippen LogP contribution is -2.36. The second-order valence-corrected chi connectivity index (χ2v) is 4.08. The molecule has 1 amide bonds. The summed E-state index contributed by atoms with van der Waals surface area (Å²) >= 11 is 1.68. The third-order valence-corrected chi connectivity index (χ3v) is 1.58. The minimum atomic E-state index is -1.02. The fraction of sp³-hybridized carbons (Fsp3) is 0.750. The number of alkyl halides is 2. The minimum Gasteiger partial charge on any atom is -0.368 e. The Labute approximate surface area is 60.8 Å². The molecule has 2 N–H and O–H groups in total. The third-order valence-electron chi connectivity index (χ3n) is 0.765. The van der Waals surface area contributed by atoms with Crippen molar-refractivity contribution < 1.29 is 9.18 Å². The number of halogens is 2. The van der Waals surface area contributed by atoms with E-state index in [0.717, 1.165) is 0 Å². The Balaban J connectivity index is 3.91. The Kier molecular flexibility index (Phi) is 2.65. The number of amides is 1. The normalized spacial score (nSPS) is 17.4. The smallest absolute Gasteiger partial charge is 0.235 e. The van der Waals surface area contributed by atoms with E-state index in [-0.39, 0.29) is 0 Å². The zero-order valence-electron chi connectivity index (χ0n) is 4.45. The highest BCUT2D eigenvalue weighted by molar-refractivity contribution is 14.1. The lowest BCUT2D eigenvalue weighted by molar-refractivity contribution is -0.119. The molecule has 0 spiro atoms. The van der Waals surface area contributed by atoms with Gasteiger partial charge >= 0.3 is 0 Å². The maximum absolute atomic E-state index is 11.7. The summed E-state index contributed by atoms with van der Waals surface area (Å²) in [7, 11) is 0. The summed E-state index contributed by atoms with van der Waals surface area (Å²) in [5, 5.41) is 0. The lowest BCUT2D eigenvalue weighted by atomic mass is 10.2. The predicted molar refractivity (Wildman–Crippen MR) is 37.6 cm³/mol. The zero-order valence-corrected chi connectivity index (χ0v) is 6.61. The van der Waals surface area contributed by atoms with Crippen LogP contribution < -0.4 is 5.73 Å². The Bertz CT molecular complexity index is 104. The van der Waals surface area contributed by atoms with Gasteiger partial charge < -0.3 is 5.73 Å². The molecule has 1 atom stereocenters. The molecular weight excluding hydrogens is 224 g/mol. The summed E-state index contributed by atoms with van der Waals surface area (Å²) < 4.78 is 10.7. The average molecular weight is 231 g/mol. The van der Waals surface area contributed by atoms with Gasteiger partial charge in [0.25, 0.3) is 0 Å². The summed E-state index contributed by atoms with van der Waals surface area (Å²) in [5.41, 5.74) is 4.79. The fourth-order valence-corrected chi connectivity index (χ4v) is 0.0659. The summed E-state index contributed by atoms with van der Waals surface area (Å²) in [5.74, 6) is -0.611. The van der Waals surface area contributed by atoms with E-state index < -0.39 is 16.0 Å². The number of hydrogen-bond donors (Lipinski definition) is 1. The molecule has 0 heterocycles. The maximum atomic E-state index is 11.7. The van der Waals surface area contributed by atoms with Gasteiger partial charge in [-0.15, -0.1) is 0 Å². The summed E-state index contributed by atoms with van der Waals surface area (Å²) in [6.07, 6.45) is 0. The van der Waals surface area contributed by atoms with Crippen molar-refractivity contribution in [2.45, 2.75) is 10.3 Å². The summed E-state index contributed by atoms with van der Waals surface area (Å²) in [6, 6.07) is 0. The first-order valence-electron chi connectivity index (χ1n) is 2.05. The third kappa shape index (κ3) is 1.94. The quantitative estimate of drug-likeness (QED) is 0.549. The number of nitrogens with two attached hydrogens (primary N) is 1. The number of primary amides is 1. The van der Waals surface area contributed by atoms with Gasteiger partial charge in [0.1, 0.15) is 10.1 Å². The first kappa shape index (κ1) is 8.13. The molecule has 0 radical (unpaired) electrons. The van der Waals surface area contributed by atoms with Crippen molar-refractivity contribution >= 4 is 28.5 Å². The highest BCUT2D eigenvalue weighted by atomic mass is 127. The van der Waals surface area contributed by atoms with Crippen LogP contribution in [-0.2, 0) is 4.79 Å². The molecule has 1 unspecified atom stereocenters. The molecule has 48 valence electrons. The van der Waals surface area contributed by atoms with Crippen LogP contribution >= 0.6 is 22.6 Å². The molecule has 0 aromatic heterocycles. The number of hydrogen-bond acceptors (Lipinski definition) is 1. The predicted octanol–water partition coefficient (Wildman–Crippen LogP) is 0.635. The maximum Gasteiger partial charge on any atom is 0.235 e. The molecule has 0 aliphatic rings. The average Bonchev–Trinajstić information content (AvgIpc) is 1.67. The van der Waals surface area contributed by atoms with E-state index in [1.807, 2.05) is 0 Å². The second-order valence-electron chi connectivity index (χ2n) is 1.70. The molecule has 0 bridgehead atoms. The molecule has 0 fully saturated rings. The van der Waals surface area contributed by atoms with Gasteiger partial charge in [-0.1, -0.05) is 22.6 Å². The van der Waals surface area contributed by atoms with Gasteiger partial charge in [-0.3, -0.25) is 4.79 Å². The van der Waals surface area contributed by atoms with E-state index in [0.29, 0.717) is 0 Å². The molecule has 0 saturated carbocycles. The van der Waals surface area contributed by atoms with Gasteiger partial charge in [0.05, 0.1) is 0 Å². The molecule has 0 aliphatic carbocycles. The number of carbonyl (C=O) groups is 1. The van der Waals surface area contributed by atoms with E-state index in [4.69, 9.17) is 5.73 Å². The van der Waals surface area contributed by atoms with Crippen LogP contribution in [0.25, 0.3) is 0 Å². The summed E-state index contributed by atoms with van der Waals surface area (Å²) in [4.78, 5) is 10.2. The first-order chi connectivity index (χ1) is 3.50. The Morgan fingerprint density at radius 1 is 2.00 bits per heavy atom. The van der Waals surface area contributed by atoms with E-state index in [9.17, 15) is 9.18 Å². The minimum absolute atomic E-state index is 0.611. The molecule has 0 aliphatic heterocycles. The van der Waals surface area contributed by atoms with Gasteiger partial charge in [-0.25, -0.2) is 4.39 Å². The van der Waals surface area contributed by atoms with Crippen molar-refractivity contribution in [3.05, 3.63) is 0 Å². The Morgan fingerprint density at radius 3 is 2.38 bits per heavy atom. The van der Waals surface area contributed by atoms with Crippen molar-refractivity contribution in [3.63, 3.8) is 0 Å². The molecule has 0 aromatic carbocycles. The van der Waals surface area contributed by atoms with Gasteiger partial charge in [0.2, 0.25) is 5.91 Å². The monoisotopic (exact) mass is 231 g/mol. The Morgan fingerprint density at radius 2 is 2.38 bits per heavy atom. The second kappa shape index (κ2) is 2.61. The van der Waals surface area contributed by atoms with Crippen LogP contribution in [0.3, 0.4) is 0 Å². The van der Waals surface area contributed by atoms with E-state index in [1.54, 1.807) is 22.6 Å². The molecule has 4 heteroatoms. The molecular formula is C4H7FINO. The van der Waals surface area contributed by atoms with Gasteiger partial charge in [-0.2, -0.15) is 0 Å². The van der Waals surface area contributed by atoms with E-state index in [1.165, 1.54) is 6.92 Å². The molecule has 0 saturated heterocycles. The van der Waals surface area contributed by atoms with Crippen molar-refractivity contribution in [1.29, 1.82) is 0 Å². The Hall–Kier alpha value is 0.130. The van der Waals surface area contributed by atoms with Crippen LogP contribution in [0.4, 0.5) is 4.39 Å². The first-order valence-corrected chi connectivity index (χ1v) is 3.13. The number of carbonyl (C=O) groups excluding carboxylic acids is 1. The van der Waals surface area contributed by atoms with Crippen LogP contribution in [-0.4, -0.2) is 16.0 Å². The topological polar surface area (TPSA) is 43.1 Å². The van der Waals surface area contributed by atoms with E-state index in [2.05, 4.69) is 0 Å². The van der Waals surface area contributed by atoms with Crippen LogP contribution in [0, 0.1) is 0 Å². The standard InChI is InChI=1S/C4H7FINO/c1-4(6,2-5)3(7)8/h2H2,1H3,(H2,7,8). The molecule has 0 rings (SSSR count).